The standard InChI is InChI=1S/C32H37F3O2/c1-3-5-20-37-26-15-13-25(14-16-26)28-18-17-27(31(34)32(28)35)24-11-8-22(9-12-24)6-7-23-10-19-30(36-4-2)29(33)21-23/h8-12,17-19,21,25-26H,3-7,13-16,20H2,1-2H3. The molecular weight excluding hydrogens is 473 g/mol. The van der Waals surface area contributed by atoms with E-state index in [9.17, 15) is 4.39 Å². The summed E-state index contributed by atoms with van der Waals surface area (Å²) in [4.78, 5) is 0. The molecule has 3 aromatic rings. The van der Waals surface area contributed by atoms with E-state index < -0.39 is 11.6 Å². The Morgan fingerprint density at radius 2 is 1.49 bits per heavy atom. The fourth-order valence-electron chi connectivity index (χ4n) is 5.15. The molecule has 0 saturated heterocycles. The van der Waals surface area contributed by atoms with Crippen LogP contribution in [0.2, 0.25) is 0 Å². The van der Waals surface area contributed by atoms with Gasteiger partial charge in [0.1, 0.15) is 0 Å². The molecule has 0 aliphatic heterocycles. The third-order valence-electron chi connectivity index (χ3n) is 7.34. The van der Waals surface area contributed by atoms with Crippen LogP contribution in [0.15, 0.2) is 54.6 Å². The van der Waals surface area contributed by atoms with Gasteiger partial charge in [-0.05, 0) is 92.2 Å². The highest BCUT2D eigenvalue weighted by Gasteiger charge is 2.27. The van der Waals surface area contributed by atoms with Crippen LogP contribution in [0.3, 0.4) is 0 Å². The third kappa shape index (κ3) is 6.95. The van der Waals surface area contributed by atoms with Crippen LogP contribution in [-0.2, 0) is 17.6 Å². The lowest BCUT2D eigenvalue weighted by atomic mass is 9.82. The summed E-state index contributed by atoms with van der Waals surface area (Å²) >= 11 is 0. The molecule has 0 N–H and O–H groups in total. The van der Waals surface area contributed by atoms with Crippen molar-refractivity contribution in [3.8, 4) is 16.9 Å². The van der Waals surface area contributed by atoms with Gasteiger partial charge in [0.15, 0.2) is 23.2 Å². The Labute approximate surface area is 218 Å². The Balaban J connectivity index is 1.37. The lowest BCUT2D eigenvalue weighted by Gasteiger charge is -2.29. The van der Waals surface area contributed by atoms with Gasteiger partial charge in [-0.1, -0.05) is 55.8 Å². The highest BCUT2D eigenvalue weighted by Crippen LogP contribution is 2.38. The first-order valence-electron chi connectivity index (χ1n) is 13.6. The Morgan fingerprint density at radius 3 is 2.16 bits per heavy atom. The molecule has 1 saturated carbocycles. The van der Waals surface area contributed by atoms with Crippen LogP contribution in [0.5, 0.6) is 5.75 Å². The maximum atomic E-state index is 15.1. The van der Waals surface area contributed by atoms with Crippen LogP contribution in [0.25, 0.3) is 11.1 Å². The largest absolute Gasteiger partial charge is 0.491 e. The van der Waals surface area contributed by atoms with E-state index in [1.807, 2.05) is 37.3 Å². The van der Waals surface area contributed by atoms with Crippen molar-refractivity contribution in [1.82, 2.24) is 0 Å². The van der Waals surface area contributed by atoms with Gasteiger partial charge in [-0.2, -0.15) is 0 Å². The first-order valence-corrected chi connectivity index (χ1v) is 13.6. The molecule has 0 radical (unpaired) electrons. The lowest BCUT2D eigenvalue weighted by Crippen LogP contribution is -2.22. The van der Waals surface area contributed by atoms with Crippen LogP contribution in [0.1, 0.15) is 75.0 Å². The van der Waals surface area contributed by atoms with Crippen LogP contribution in [0.4, 0.5) is 13.2 Å². The second kappa shape index (κ2) is 13.1. The monoisotopic (exact) mass is 510 g/mol. The highest BCUT2D eigenvalue weighted by atomic mass is 19.2. The van der Waals surface area contributed by atoms with E-state index in [-0.39, 0.29) is 29.2 Å². The zero-order chi connectivity index (χ0) is 26.2. The van der Waals surface area contributed by atoms with Gasteiger partial charge >= 0.3 is 0 Å². The summed E-state index contributed by atoms with van der Waals surface area (Å²) in [6.07, 6.45) is 7.22. The van der Waals surface area contributed by atoms with Crippen molar-refractivity contribution in [1.29, 1.82) is 0 Å². The van der Waals surface area contributed by atoms with Gasteiger partial charge < -0.3 is 9.47 Å². The highest BCUT2D eigenvalue weighted by molar-refractivity contribution is 5.65. The van der Waals surface area contributed by atoms with E-state index in [1.165, 1.54) is 6.07 Å². The molecule has 2 nitrogen and oxygen atoms in total. The van der Waals surface area contributed by atoms with Crippen LogP contribution < -0.4 is 4.74 Å². The molecule has 3 aromatic carbocycles. The normalized spacial score (nSPS) is 17.6. The molecule has 198 valence electrons. The van der Waals surface area contributed by atoms with E-state index in [0.717, 1.165) is 56.3 Å². The van der Waals surface area contributed by atoms with Crippen LogP contribution in [-0.4, -0.2) is 19.3 Å². The van der Waals surface area contributed by atoms with Crippen LogP contribution in [0, 0.1) is 17.5 Å². The Morgan fingerprint density at radius 1 is 0.784 bits per heavy atom. The quantitative estimate of drug-likeness (QED) is 0.240. The first kappa shape index (κ1) is 27.3. The number of hydrogen-bond donors (Lipinski definition) is 0. The predicted molar refractivity (Wildman–Crippen MR) is 143 cm³/mol. The van der Waals surface area contributed by atoms with Gasteiger partial charge in [0.05, 0.1) is 12.7 Å². The molecule has 0 unspecified atom stereocenters. The molecular formula is C32H37F3O2. The minimum Gasteiger partial charge on any atom is -0.491 e. The summed E-state index contributed by atoms with van der Waals surface area (Å²) in [6.45, 7) is 5.17. The first-order chi connectivity index (χ1) is 18.0. The molecule has 0 bridgehead atoms. The molecule has 5 heteroatoms. The van der Waals surface area contributed by atoms with Gasteiger partial charge in [-0.3, -0.25) is 0 Å². The SMILES string of the molecule is CCCCOC1CCC(c2ccc(-c3ccc(CCc4ccc(OCC)c(F)c4)cc3)c(F)c2F)CC1. The zero-order valence-corrected chi connectivity index (χ0v) is 21.9. The smallest absolute Gasteiger partial charge is 0.166 e. The predicted octanol–water partition coefficient (Wildman–Crippen LogP) is 8.80. The maximum absolute atomic E-state index is 15.1. The average Bonchev–Trinajstić information content (AvgIpc) is 2.91. The molecule has 0 aromatic heterocycles. The molecule has 1 fully saturated rings. The van der Waals surface area contributed by atoms with Crippen molar-refractivity contribution in [2.24, 2.45) is 0 Å². The van der Waals surface area contributed by atoms with E-state index >= 15 is 8.78 Å². The van der Waals surface area contributed by atoms with Gasteiger partial charge in [0.25, 0.3) is 0 Å². The zero-order valence-electron chi connectivity index (χ0n) is 21.9. The molecule has 1 aliphatic rings. The molecule has 0 atom stereocenters. The molecule has 4 rings (SSSR count). The topological polar surface area (TPSA) is 18.5 Å². The summed E-state index contributed by atoms with van der Waals surface area (Å²) in [5, 5.41) is 0. The van der Waals surface area contributed by atoms with E-state index in [1.54, 1.807) is 18.2 Å². The molecule has 0 heterocycles. The minimum atomic E-state index is -0.781. The van der Waals surface area contributed by atoms with E-state index in [2.05, 4.69) is 6.92 Å². The molecule has 1 aliphatic carbocycles. The number of hydrogen-bond acceptors (Lipinski definition) is 2. The lowest BCUT2D eigenvalue weighted by molar-refractivity contribution is 0.0230. The van der Waals surface area contributed by atoms with E-state index in [0.29, 0.717) is 30.6 Å². The van der Waals surface area contributed by atoms with Gasteiger partial charge in [0, 0.05) is 12.2 Å². The second-order valence-electron chi connectivity index (χ2n) is 9.92. The molecule has 0 amide bonds. The number of rotatable bonds is 11. The third-order valence-corrected chi connectivity index (χ3v) is 7.34. The summed E-state index contributed by atoms with van der Waals surface area (Å²) in [5.41, 5.74) is 3.33. The summed E-state index contributed by atoms with van der Waals surface area (Å²) in [5.74, 6) is -1.57. The molecule has 0 spiro atoms. The number of benzene rings is 3. The van der Waals surface area contributed by atoms with Crippen molar-refractivity contribution in [2.75, 3.05) is 13.2 Å². The number of aryl methyl sites for hydroxylation is 2. The van der Waals surface area contributed by atoms with Crippen molar-refractivity contribution < 1.29 is 22.6 Å². The van der Waals surface area contributed by atoms with Crippen molar-refractivity contribution in [3.63, 3.8) is 0 Å². The van der Waals surface area contributed by atoms with Gasteiger partial charge in [0.2, 0.25) is 0 Å². The summed E-state index contributed by atoms with van der Waals surface area (Å²) in [7, 11) is 0. The van der Waals surface area contributed by atoms with Gasteiger partial charge in [-0.15, -0.1) is 0 Å². The maximum Gasteiger partial charge on any atom is 0.166 e. The molecule has 37 heavy (non-hydrogen) atoms. The number of halogens is 3. The fourth-order valence-corrected chi connectivity index (χ4v) is 5.15. The Hall–Kier alpha value is -2.79. The van der Waals surface area contributed by atoms with Gasteiger partial charge in [-0.25, -0.2) is 13.2 Å². The average molecular weight is 511 g/mol. The minimum absolute atomic E-state index is 0.0318. The van der Waals surface area contributed by atoms with Crippen molar-refractivity contribution >= 4 is 0 Å². The summed E-state index contributed by atoms with van der Waals surface area (Å²) < 4.78 is 55.5. The summed E-state index contributed by atoms with van der Waals surface area (Å²) in [6, 6.07) is 16.0. The fraction of sp³-hybridized carbons (Fsp3) is 0.438. The number of ether oxygens (including phenoxy) is 2. The van der Waals surface area contributed by atoms with Crippen LogP contribution >= 0.6 is 0 Å². The van der Waals surface area contributed by atoms with Crippen molar-refractivity contribution in [3.05, 3.63) is 88.7 Å². The Kier molecular flexibility index (Phi) is 9.68. The second-order valence-corrected chi connectivity index (χ2v) is 9.92. The van der Waals surface area contributed by atoms with E-state index in [4.69, 9.17) is 9.47 Å². The number of unbranched alkanes of at least 4 members (excludes halogenated alkanes) is 1. The van der Waals surface area contributed by atoms with Crippen molar-refractivity contribution in [2.45, 2.75) is 77.2 Å². The Bertz CT molecular complexity index is 1150.